The number of aliphatic hydroxyl groups is 1. The van der Waals surface area contributed by atoms with E-state index in [-0.39, 0.29) is 5.75 Å². The number of phenols is 1. The molecule has 0 aliphatic carbocycles. The highest BCUT2D eigenvalue weighted by molar-refractivity contribution is 5.29. The molecule has 1 rings (SSSR count). The first-order chi connectivity index (χ1) is 7.06. The first kappa shape index (κ1) is 11.6. The van der Waals surface area contributed by atoms with Crippen molar-refractivity contribution in [3.8, 4) is 18.1 Å². The molecule has 0 fully saturated rings. The lowest BCUT2D eigenvalue weighted by molar-refractivity contribution is 0.0460. The summed E-state index contributed by atoms with van der Waals surface area (Å²) in [6.45, 7) is 1.76. The number of hydrogen-bond donors (Lipinski definition) is 2. The van der Waals surface area contributed by atoms with Gasteiger partial charge in [0, 0.05) is 6.42 Å². The second-order valence-corrected chi connectivity index (χ2v) is 3.88. The Kier molecular flexibility index (Phi) is 3.76. The van der Waals surface area contributed by atoms with Gasteiger partial charge in [0.1, 0.15) is 5.75 Å². The fourth-order valence-corrected chi connectivity index (χ4v) is 1.50. The molecule has 1 aromatic carbocycles. The molecule has 2 heteroatoms. The van der Waals surface area contributed by atoms with E-state index in [1.165, 1.54) is 0 Å². The summed E-state index contributed by atoms with van der Waals surface area (Å²) in [6.07, 6.45) is 7.25. The average Bonchev–Trinajstić information content (AvgIpc) is 2.18. The molecule has 0 aromatic heterocycles. The topological polar surface area (TPSA) is 40.5 Å². The maximum Gasteiger partial charge on any atom is 0.115 e. The molecule has 80 valence electrons. The van der Waals surface area contributed by atoms with Gasteiger partial charge in [0.05, 0.1) is 5.60 Å². The number of aromatic hydroxyl groups is 1. The van der Waals surface area contributed by atoms with Crippen molar-refractivity contribution in [1.82, 2.24) is 0 Å². The summed E-state index contributed by atoms with van der Waals surface area (Å²) in [5.41, 5.74) is -0.0674. The molecule has 15 heavy (non-hydrogen) atoms. The smallest absolute Gasteiger partial charge is 0.115 e. The first-order valence-corrected chi connectivity index (χ1v) is 5.01. The predicted molar refractivity (Wildman–Crippen MR) is 60.4 cm³/mol. The van der Waals surface area contributed by atoms with Crippen LogP contribution in [0.1, 0.15) is 31.7 Å². The molecule has 1 aromatic rings. The van der Waals surface area contributed by atoms with Crippen molar-refractivity contribution in [3.05, 3.63) is 29.8 Å². The summed E-state index contributed by atoms with van der Waals surface area (Å²) in [5, 5.41) is 19.3. The number of unbranched alkanes of at least 4 members (excludes halogenated alkanes) is 1. The summed E-state index contributed by atoms with van der Waals surface area (Å²) in [6, 6.07) is 6.60. The van der Waals surface area contributed by atoms with Gasteiger partial charge in [-0.1, -0.05) is 12.1 Å². The van der Waals surface area contributed by atoms with Crippen molar-refractivity contribution in [2.24, 2.45) is 0 Å². The molecule has 0 saturated carbocycles. The van der Waals surface area contributed by atoms with E-state index in [0.717, 1.165) is 12.0 Å². The van der Waals surface area contributed by atoms with Crippen LogP contribution in [-0.4, -0.2) is 10.2 Å². The van der Waals surface area contributed by atoms with Crippen LogP contribution >= 0.6 is 0 Å². The molecule has 0 bridgehead atoms. The normalized spacial score (nSPS) is 14.2. The van der Waals surface area contributed by atoms with Gasteiger partial charge in [-0.25, -0.2) is 0 Å². The largest absolute Gasteiger partial charge is 0.508 e. The number of phenolic OH excluding ortho intramolecular Hbond substituents is 1. The molecule has 1 unspecified atom stereocenters. The SMILES string of the molecule is C#CCCCC(C)(O)c1ccc(O)cc1. The van der Waals surface area contributed by atoms with Crippen molar-refractivity contribution in [1.29, 1.82) is 0 Å². The van der Waals surface area contributed by atoms with Crippen LogP contribution in [0.2, 0.25) is 0 Å². The highest BCUT2D eigenvalue weighted by Crippen LogP contribution is 2.27. The molecule has 0 aliphatic rings. The fourth-order valence-electron chi connectivity index (χ4n) is 1.50. The monoisotopic (exact) mass is 204 g/mol. The van der Waals surface area contributed by atoms with E-state index in [1.54, 1.807) is 31.2 Å². The lowest BCUT2D eigenvalue weighted by atomic mass is 9.90. The Morgan fingerprint density at radius 3 is 2.47 bits per heavy atom. The van der Waals surface area contributed by atoms with E-state index < -0.39 is 5.60 Å². The Balaban J connectivity index is 2.68. The third-order valence-electron chi connectivity index (χ3n) is 2.47. The van der Waals surface area contributed by atoms with Gasteiger partial charge in [-0.3, -0.25) is 0 Å². The lowest BCUT2D eigenvalue weighted by Gasteiger charge is -2.23. The van der Waals surface area contributed by atoms with E-state index in [9.17, 15) is 5.11 Å². The van der Waals surface area contributed by atoms with Crippen molar-refractivity contribution in [3.63, 3.8) is 0 Å². The molecule has 0 aliphatic heterocycles. The lowest BCUT2D eigenvalue weighted by Crippen LogP contribution is -2.20. The van der Waals surface area contributed by atoms with Crippen molar-refractivity contribution >= 4 is 0 Å². The number of rotatable bonds is 4. The molecule has 0 saturated heterocycles. The van der Waals surface area contributed by atoms with Crippen LogP contribution in [0.25, 0.3) is 0 Å². The predicted octanol–water partition coefficient (Wildman–Crippen LogP) is 2.40. The van der Waals surface area contributed by atoms with E-state index in [2.05, 4.69) is 5.92 Å². The molecule has 0 amide bonds. The third kappa shape index (κ3) is 3.30. The Labute approximate surface area is 90.6 Å². The van der Waals surface area contributed by atoms with Gasteiger partial charge in [0.2, 0.25) is 0 Å². The summed E-state index contributed by atoms with van der Waals surface area (Å²) in [4.78, 5) is 0. The fraction of sp³-hybridized carbons (Fsp3) is 0.385. The average molecular weight is 204 g/mol. The summed E-state index contributed by atoms with van der Waals surface area (Å²) >= 11 is 0. The zero-order valence-electron chi connectivity index (χ0n) is 8.90. The molecule has 0 spiro atoms. The van der Waals surface area contributed by atoms with Crippen LogP contribution in [-0.2, 0) is 5.60 Å². The minimum absolute atomic E-state index is 0.207. The molecule has 2 N–H and O–H groups in total. The van der Waals surface area contributed by atoms with Crippen LogP contribution in [0.4, 0.5) is 0 Å². The number of terminal acetylenes is 1. The summed E-state index contributed by atoms with van der Waals surface area (Å²) in [5.74, 6) is 2.76. The summed E-state index contributed by atoms with van der Waals surface area (Å²) in [7, 11) is 0. The number of benzene rings is 1. The van der Waals surface area contributed by atoms with Gasteiger partial charge in [-0.15, -0.1) is 12.3 Å². The van der Waals surface area contributed by atoms with Crippen LogP contribution in [0, 0.1) is 12.3 Å². The Bertz CT molecular complexity index is 344. The molecule has 2 nitrogen and oxygen atoms in total. The van der Waals surface area contributed by atoms with Gasteiger partial charge in [-0.2, -0.15) is 0 Å². The van der Waals surface area contributed by atoms with E-state index in [0.29, 0.717) is 12.8 Å². The maximum absolute atomic E-state index is 10.2. The third-order valence-corrected chi connectivity index (χ3v) is 2.47. The quantitative estimate of drug-likeness (QED) is 0.584. The minimum atomic E-state index is -0.870. The molecule has 0 heterocycles. The number of hydrogen-bond acceptors (Lipinski definition) is 2. The Morgan fingerprint density at radius 2 is 1.93 bits per heavy atom. The molecular formula is C13H16O2. The zero-order chi connectivity index (χ0) is 11.3. The van der Waals surface area contributed by atoms with Crippen molar-refractivity contribution in [2.45, 2.75) is 31.8 Å². The van der Waals surface area contributed by atoms with E-state index >= 15 is 0 Å². The van der Waals surface area contributed by atoms with Gasteiger partial charge < -0.3 is 10.2 Å². The molecular weight excluding hydrogens is 188 g/mol. The van der Waals surface area contributed by atoms with Crippen LogP contribution < -0.4 is 0 Å². The second-order valence-electron chi connectivity index (χ2n) is 3.88. The Morgan fingerprint density at radius 1 is 1.33 bits per heavy atom. The van der Waals surface area contributed by atoms with Gasteiger partial charge >= 0.3 is 0 Å². The maximum atomic E-state index is 10.2. The minimum Gasteiger partial charge on any atom is -0.508 e. The molecule has 1 atom stereocenters. The van der Waals surface area contributed by atoms with Crippen molar-refractivity contribution in [2.75, 3.05) is 0 Å². The highest BCUT2D eigenvalue weighted by Gasteiger charge is 2.21. The molecule has 0 radical (unpaired) electrons. The Hall–Kier alpha value is -1.46. The van der Waals surface area contributed by atoms with Gasteiger partial charge in [0.15, 0.2) is 0 Å². The first-order valence-electron chi connectivity index (χ1n) is 5.01. The van der Waals surface area contributed by atoms with Gasteiger partial charge in [-0.05, 0) is 37.5 Å². The van der Waals surface area contributed by atoms with Crippen LogP contribution in [0.15, 0.2) is 24.3 Å². The standard InChI is InChI=1S/C13H16O2/c1-3-4-5-10-13(2,15)11-6-8-12(14)9-7-11/h1,6-9,14-15H,4-5,10H2,2H3. The zero-order valence-corrected chi connectivity index (χ0v) is 8.90. The van der Waals surface area contributed by atoms with E-state index in [1.807, 2.05) is 0 Å². The van der Waals surface area contributed by atoms with Gasteiger partial charge in [0.25, 0.3) is 0 Å². The second kappa shape index (κ2) is 4.86. The van der Waals surface area contributed by atoms with Crippen LogP contribution in [0.5, 0.6) is 5.75 Å². The van der Waals surface area contributed by atoms with Crippen LogP contribution in [0.3, 0.4) is 0 Å². The highest BCUT2D eigenvalue weighted by atomic mass is 16.3. The summed E-state index contributed by atoms with van der Waals surface area (Å²) < 4.78 is 0. The van der Waals surface area contributed by atoms with E-state index in [4.69, 9.17) is 11.5 Å². The van der Waals surface area contributed by atoms with Crippen molar-refractivity contribution < 1.29 is 10.2 Å².